The maximum absolute atomic E-state index is 11.2. The van der Waals surface area contributed by atoms with E-state index in [2.05, 4.69) is 0 Å². The number of rotatable bonds is 4. The summed E-state index contributed by atoms with van der Waals surface area (Å²) in [5.41, 5.74) is -1.43. The molecule has 0 saturated carbocycles. The number of likely N-dealkylation sites (tertiary alicyclic amines) is 1. The minimum Gasteiger partial charge on any atom is -0.772 e. The smallest absolute Gasteiger partial charge is 0.265 e. The van der Waals surface area contributed by atoms with E-state index < -0.39 is 37.8 Å². The fraction of sp³-hybridized carbons (Fsp3) is 1.00. The monoisotopic (exact) mass is 299 g/mol. The van der Waals surface area contributed by atoms with Crippen molar-refractivity contribution in [3.63, 3.8) is 0 Å². The van der Waals surface area contributed by atoms with Gasteiger partial charge in [0.15, 0.2) is 0 Å². The van der Waals surface area contributed by atoms with Crippen molar-refractivity contribution in [2.45, 2.75) is 13.8 Å². The highest BCUT2D eigenvalue weighted by Crippen LogP contribution is 2.49. The summed E-state index contributed by atoms with van der Waals surface area (Å²) in [5, 5.41) is 0. The molecule has 0 aromatic heterocycles. The van der Waals surface area contributed by atoms with Crippen LogP contribution in [-0.2, 0) is 21.2 Å². The Hall–Kier alpha value is -0.0200. The summed E-state index contributed by atoms with van der Waals surface area (Å²) in [7, 11) is -0.270. The third-order valence-electron chi connectivity index (χ3n) is 3.95. The van der Waals surface area contributed by atoms with Crippen LogP contribution in [0.15, 0.2) is 0 Å². The average Bonchev–Trinajstić information content (AvgIpc) is 2.08. The molecule has 0 amide bonds. The lowest BCUT2D eigenvalue weighted by molar-refractivity contribution is -0.883. The first-order chi connectivity index (χ1) is 7.79. The van der Waals surface area contributed by atoms with E-state index in [-0.39, 0.29) is 5.75 Å². The Labute approximate surface area is 111 Å². The van der Waals surface area contributed by atoms with Crippen molar-refractivity contribution in [1.82, 2.24) is 0 Å². The Kier molecular flexibility index (Phi) is 4.02. The van der Waals surface area contributed by atoms with Crippen LogP contribution in [0.4, 0.5) is 0 Å². The van der Waals surface area contributed by atoms with E-state index in [4.69, 9.17) is 4.55 Å². The van der Waals surface area contributed by atoms with Crippen molar-refractivity contribution in [2.24, 2.45) is 10.8 Å². The minimum absolute atomic E-state index is 0.0965. The van der Waals surface area contributed by atoms with E-state index in [9.17, 15) is 17.2 Å². The molecule has 3 atom stereocenters. The largest absolute Gasteiger partial charge is 0.772 e. The van der Waals surface area contributed by atoms with Gasteiger partial charge in [0.25, 0.3) is 10.1 Å². The summed E-state index contributed by atoms with van der Waals surface area (Å²) >= 11 is -2.24. The van der Waals surface area contributed by atoms with E-state index in [0.717, 1.165) is 0 Å². The molecule has 1 N–H and O–H groups in total. The lowest BCUT2D eigenvalue weighted by Gasteiger charge is -2.36. The maximum Gasteiger partial charge on any atom is 0.265 e. The lowest BCUT2D eigenvalue weighted by Crippen LogP contribution is -2.45. The van der Waals surface area contributed by atoms with E-state index >= 15 is 0 Å². The topological polar surface area (TPSA) is 94.5 Å². The normalized spacial score (nSPS) is 37.7. The second-order valence-corrected chi connectivity index (χ2v) is 8.90. The molecule has 1 aliphatic rings. The molecule has 0 radical (unpaired) electrons. The van der Waals surface area contributed by atoms with E-state index in [1.54, 1.807) is 13.8 Å². The van der Waals surface area contributed by atoms with Gasteiger partial charge in [-0.2, -0.15) is 8.42 Å². The third-order valence-corrected chi connectivity index (χ3v) is 5.82. The van der Waals surface area contributed by atoms with E-state index in [1.807, 2.05) is 14.1 Å². The molecule has 6 nitrogen and oxygen atoms in total. The zero-order valence-electron chi connectivity index (χ0n) is 11.2. The first-order valence-electron chi connectivity index (χ1n) is 5.62. The zero-order valence-corrected chi connectivity index (χ0v) is 12.8. The maximum atomic E-state index is 11.2. The van der Waals surface area contributed by atoms with Crippen LogP contribution in [0.2, 0.25) is 0 Å². The lowest BCUT2D eigenvalue weighted by atomic mass is 9.70. The van der Waals surface area contributed by atoms with E-state index in [1.165, 1.54) is 0 Å². The quantitative estimate of drug-likeness (QED) is 0.443. The van der Waals surface area contributed by atoms with Crippen LogP contribution in [0.25, 0.3) is 0 Å². The van der Waals surface area contributed by atoms with Gasteiger partial charge in [0.1, 0.15) is 0 Å². The molecule has 1 saturated heterocycles. The molecule has 0 aromatic rings. The molecule has 108 valence electrons. The van der Waals surface area contributed by atoms with Crippen LogP contribution < -0.4 is 0 Å². The predicted molar refractivity (Wildman–Crippen MR) is 68.3 cm³/mol. The highest BCUT2D eigenvalue weighted by molar-refractivity contribution is 7.85. The number of hydrogen-bond donors (Lipinski definition) is 1. The van der Waals surface area contributed by atoms with Crippen LogP contribution in [0.1, 0.15) is 13.8 Å². The summed E-state index contributed by atoms with van der Waals surface area (Å²) in [5.74, 6) is -0.504. The molecule has 1 fully saturated rings. The van der Waals surface area contributed by atoms with Gasteiger partial charge in [-0.25, -0.2) is 0 Å². The van der Waals surface area contributed by atoms with Gasteiger partial charge in [0.05, 0.1) is 32.9 Å². The predicted octanol–water partition coefficient (Wildman–Crippen LogP) is -0.144. The Morgan fingerprint density at radius 3 is 2.11 bits per heavy atom. The van der Waals surface area contributed by atoms with Crippen LogP contribution in [0.5, 0.6) is 0 Å². The fourth-order valence-electron chi connectivity index (χ4n) is 3.43. The molecule has 0 aromatic carbocycles. The molecule has 3 unspecified atom stereocenters. The summed E-state index contributed by atoms with van der Waals surface area (Å²) in [6.07, 6.45) is 0. The van der Waals surface area contributed by atoms with Crippen LogP contribution in [0, 0.1) is 10.8 Å². The van der Waals surface area contributed by atoms with Gasteiger partial charge >= 0.3 is 0 Å². The number of nitrogens with zero attached hydrogens (tertiary/aromatic N) is 1. The average molecular weight is 299 g/mol. The third kappa shape index (κ3) is 3.51. The molecule has 1 rings (SSSR count). The summed E-state index contributed by atoms with van der Waals surface area (Å²) in [4.78, 5) is 0. The Bertz CT molecular complexity index is 461. The minimum atomic E-state index is -4.13. The molecule has 0 spiro atoms. The first kappa shape index (κ1) is 16.0. The molecule has 0 bridgehead atoms. The number of quaternary nitrogens is 1. The summed E-state index contributed by atoms with van der Waals surface area (Å²) < 4.78 is 54.0. The highest BCUT2D eigenvalue weighted by Gasteiger charge is 2.59. The second kappa shape index (κ2) is 4.52. The fourth-order valence-corrected chi connectivity index (χ4v) is 5.63. The Morgan fingerprint density at radius 1 is 1.28 bits per heavy atom. The van der Waals surface area contributed by atoms with Crippen molar-refractivity contribution in [3.8, 4) is 0 Å². The van der Waals surface area contributed by atoms with Crippen molar-refractivity contribution < 1.29 is 26.2 Å². The molecular weight excluding hydrogens is 278 g/mol. The zero-order chi connectivity index (χ0) is 14.4. The van der Waals surface area contributed by atoms with Crippen molar-refractivity contribution in [3.05, 3.63) is 0 Å². The van der Waals surface area contributed by atoms with Crippen LogP contribution in [0.3, 0.4) is 0 Å². The van der Waals surface area contributed by atoms with Gasteiger partial charge in [-0.3, -0.25) is 8.76 Å². The molecule has 1 heterocycles. The molecule has 18 heavy (non-hydrogen) atoms. The summed E-state index contributed by atoms with van der Waals surface area (Å²) in [6.45, 7) is 4.59. The standard InChI is InChI=1S/C10H21NO5S2/c1-9(7-17(12)13)5-11(3,4)6-10(9,2)8-18(14,15)16/h5-8H2,1-4H3,(H-,12,13,14,15,16). The van der Waals surface area contributed by atoms with E-state index in [0.29, 0.717) is 17.6 Å². The Morgan fingerprint density at radius 2 is 1.72 bits per heavy atom. The highest BCUT2D eigenvalue weighted by atomic mass is 32.2. The van der Waals surface area contributed by atoms with Gasteiger partial charge < -0.3 is 9.04 Å². The van der Waals surface area contributed by atoms with Crippen LogP contribution >= 0.6 is 0 Å². The molecule has 1 aliphatic heterocycles. The van der Waals surface area contributed by atoms with Gasteiger partial charge in [-0.15, -0.1) is 0 Å². The first-order valence-corrected chi connectivity index (χ1v) is 8.47. The van der Waals surface area contributed by atoms with Crippen molar-refractivity contribution in [1.29, 1.82) is 0 Å². The van der Waals surface area contributed by atoms with Gasteiger partial charge in [0.2, 0.25) is 0 Å². The Balaban J connectivity index is 3.16. The summed E-state index contributed by atoms with van der Waals surface area (Å²) in [6, 6.07) is 0. The second-order valence-electron chi connectivity index (χ2n) is 6.55. The van der Waals surface area contributed by atoms with Crippen LogP contribution in [-0.4, -0.2) is 64.9 Å². The number of hydrogen-bond acceptors (Lipinski definition) is 4. The van der Waals surface area contributed by atoms with Gasteiger partial charge in [0, 0.05) is 16.6 Å². The van der Waals surface area contributed by atoms with Crippen molar-refractivity contribution in [2.75, 3.05) is 38.7 Å². The molecule has 8 heteroatoms. The SMILES string of the molecule is CC1(CS(=O)[O-])C[N+](C)(C)CC1(C)CS(=O)(=O)O. The van der Waals surface area contributed by atoms with Crippen molar-refractivity contribution >= 4 is 21.2 Å². The van der Waals surface area contributed by atoms with Gasteiger partial charge in [-0.1, -0.05) is 24.9 Å². The van der Waals surface area contributed by atoms with Gasteiger partial charge in [-0.05, 0) is 0 Å². The molecular formula is C10H21NO5S2. The molecule has 0 aliphatic carbocycles.